The summed E-state index contributed by atoms with van der Waals surface area (Å²) < 4.78 is 13.9. The van der Waals surface area contributed by atoms with Gasteiger partial charge < -0.3 is 10.6 Å². The number of carbonyl (C=O) groups is 2. The van der Waals surface area contributed by atoms with E-state index in [0.29, 0.717) is 23.5 Å². The maximum Gasteiger partial charge on any atom is 0.241 e. The lowest BCUT2D eigenvalue weighted by atomic mass is 10.1. The number of halogens is 1. The van der Waals surface area contributed by atoms with E-state index in [-0.39, 0.29) is 23.7 Å². The van der Waals surface area contributed by atoms with Crippen molar-refractivity contribution in [1.82, 2.24) is 4.90 Å². The van der Waals surface area contributed by atoms with Gasteiger partial charge in [0.15, 0.2) is 0 Å². The predicted molar refractivity (Wildman–Crippen MR) is 99.2 cm³/mol. The van der Waals surface area contributed by atoms with Crippen LogP contribution in [0.15, 0.2) is 48.5 Å². The van der Waals surface area contributed by atoms with E-state index in [4.69, 9.17) is 0 Å². The van der Waals surface area contributed by atoms with Gasteiger partial charge in [0.1, 0.15) is 5.82 Å². The molecular weight excluding hydrogens is 333 g/mol. The van der Waals surface area contributed by atoms with Crippen LogP contribution in [0.25, 0.3) is 0 Å². The lowest BCUT2D eigenvalue weighted by Gasteiger charge is -2.24. The van der Waals surface area contributed by atoms with Crippen molar-refractivity contribution in [3.63, 3.8) is 0 Å². The summed E-state index contributed by atoms with van der Waals surface area (Å²) >= 11 is 0. The van der Waals surface area contributed by atoms with Gasteiger partial charge >= 0.3 is 0 Å². The van der Waals surface area contributed by atoms with Crippen LogP contribution in [-0.2, 0) is 16.1 Å². The summed E-state index contributed by atoms with van der Waals surface area (Å²) in [6.07, 6.45) is 1.66. The molecule has 1 atom stereocenters. The zero-order valence-corrected chi connectivity index (χ0v) is 14.7. The molecule has 2 amide bonds. The average molecular weight is 355 g/mol. The maximum atomic E-state index is 13.9. The van der Waals surface area contributed by atoms with E-state index >= 15 is 0 Å². The molecule has 136 valence electrons. The van der Waals surface area contributed by atoms with Crippen LogP contribution in [0.1, 0.15) is 25.3 Å². The number of carbonyl (C=O) groups excluding carboxylic acids is 2. The van der Waals surface area contributed by atoms with Gasteiger partial charge in [0, 0.05) is 30.4 Å². The summed E-state index contributed by atoms with van der Waals surface area (Å²) in [7, 11) is 0. The molecule has 0 saturated carbocycles. The minimum atomic E-state index is -0.273. The molecule has 1 unspecified atom stereocenters. The second-order valence-corrected chi connectivity index (χ2v) is 6.47. The number of rotatable bonds is 5. The molecule has 6 heteroatoms. The van der Waals surface area contributed by atoms with Crippen LogP contribution in [-0.4, -0.2) is 29.3 Å². The van der Waals surface area contributed by atoms with E-state index in [0.717, 1.165) is 19.4 Å². The normalized spacial score (nSPS) is 17.1. The van der Waals surface area contributed by atoms with E-state index in [1.165, 1.54) is 13.0 Å². The van der Waals surface area contributed by atoms with Gasteiger partial charge in [-0.25, -0.2) is 4.39 Å². The first kappa shape index (κ1) is 18.1. The van der Waals surface area contributed by atoms with Crippen molar-refractivity contribution in [2.75, 3.05) is 17.2 Å². The quantitative estimate of drug-likeness (QED) is 0.864. The number of nitrogens with one attached hydrogen (secondary N) is 2. The van der Waals surface area contributed by atoms with Gasteiger partial charge in [-0.1, -0.05) is 18.2 Å². The molecule has 2 aromatic rings. The van der Waals surface area contributed by atoms with Crippen molar-refractivity contribution >= 4 is 23.2 Å². The number of benzene rings is 2. The summed E-state index contributed by atoms with van der Waals surface area (Å²) in [5.74, 6) is -0.477. The first-order valence-corrected chi connectivity index (χ1v) is 8.69. The second kappa shape index (κ2) is 8.10. The molecule has 2 aromatic carbocycles. The van der Waals surface area contributed by atoms with Crippen LogP contribution >= 0.6 is 0 Å². The molecular formula is C20H22FN3O2. The molecule has 2 N–H and O–H groups in total. The van der Waals surface area contributed by atoms with Crippen LogP contribution in [0, 0.1) is 5.82 Å². The molecule has 0 bridgehead atoms. The third kappa shape index (κ3) is 4.46. The van der Waals surface area contributed by atoms with Gasteiger partial charge in [-0.2, -0.15) is 0 Å². The van der Waals surface area contributed by atoms with Crippen LogP contribution in [0.5, 0.6) is 0 Å². The van der Waals surface area contributed by atoms with E-state index in [1.54, 1.807) is 42.5 Å². The highest BCUT2D eigenvalue weighted by Crippen LogP contribution is 2.23. The molecule has 5 nitrogen and oxygen atoms in total. The number of hydrogen-bond acceptors (Lipinski definition) is 3. The highest BCUT2D eigenvalue weighted by molar-refractivity contribution is 5.95. The lowest BCUT2D eigenvalue weighted by molar-refractivity contribution is -0.120. The topological polar surface area (TPSA) is 61.4 Å². The Bertz CT molecular complexity index is 792. The van der Waals surface area contributed by atoms with Gasteiger partial charge in [0.25, 0.3) is 0 Å². The summed E-state index contributed by atoms with van der Waals surface area (Å²) in [4.78, 5) is 25.7. The van der Waals surface area contributed by atoms with Crippen molar-refractivity contribution in [1.29, 1.82) is 0 Å². The fraction of sp³-hybridized carbons (Fsp3) is 0.300. The standard InChI is InChI=1S/C20H22FN3O2/c1-14(25)22-16-8-10-17(11-9-16)23-20(26)19-7-4-12-24(19)13-15-5-2-3-6-18(15)21/h2-3,5-6,8-11,19H,4,7,12-13H2,1H3,(H,22,25)(H,23,26). The Kier molecular flexibility index (Phi) is 5.63. The first-order chi connectivity index (χ1) is 12.5. The van der Waals surface area contributed by atoms with Gasteiger partial charge in [0.05, 0.1) is 6.04 Å². The van der Waals surface area contributed by atoms with E-state index in [9.17, 15) is 14.0 Å². The summed E-state index contributed by atoms with van der Waals surface area (Å²) in [5.41, 5.74) is 1.95. The Morgan fingerprint density at radius 3 is 2.38 bits per heavy atom. The fourth-order valence-corrected chi connectivity index (χ4v) is 3.22. The molecule has 0 spiro atoms. The number of anilines is 2. The van der Waals surface area contributed by atoms with Crippen molar-refractivity contribution in [3.05, 3.63) is 59.9 Å². The zero-order chi connectivity index (χ0) is 18.5. The highest BCUT2D eigenvalue weighted by Gasteiger charge is 2.31. The Morgan fingerprint density at radius 2 is 1.73 bits per heavy atom. The molecule has 1 aliphatic heterocycles. The summed E-state index contributed by atoms with van der Waals surface area (Å²) in [5, 5.41) is 5.59. The molecule has 26 heavy (non-hydrogen) atoms. The van der Waals surface area contributed by atoms with E-state index < -0.39 is 0 Å². The Morgan fingerprint density at radius 1 is 1.08 bits per heavy atom. The van der Waals surface area contributed by atoms with Crippen molar-refractivity contribution in [2.24, 2.45) is 0 Å². The van der Waals surface area contributed by atoms with Crippen LogP contribution < -0.4 is 10.6 Å². The Labute approximate surface area is 152 Å². The second-order valence-electron chi connectivity index (χ2n) is 6.47. The monoisotopic (exact) mass is 355 g/mol. The molecule has 1 heterocycles. The SMILES string of the molecule is CC(=O)Nc1ccc(NC(=O)C2CCCN2Cc2ccccc2F)cc1. The highest BCUT2D eigenvalue weighted by atomic mass is 19.1. The zero-order valence-electron chi connectivity index (χ0n) is 14.7. The van der Waals surface area contributed by atoms with Crippen molar-refractivity contribution in [2.45, 2.75) is 32.4 Å². The molecule has 1 aliphatic rings. The van der Waals surface area contributed by atoms with Gasteiger partial charge in [-0.15, -0.1) is 0 Å². The maximum absolute atomic E-state index is 13.9. The fourth-order valence-electron chi connectivity index (χ4n) is 3.22. The summed E-state index contributed by atoms with van der Waals surface area (Å²) in [6, 6.07) is 13.4. The van der Waals surface area contributed by atoms with Gasteiger partial charge in [0.2, 0.25) is 11.8 Å². The minimum absolute atomic E-state index is 0.0916. The minimum Gasteiger partial charge on any atom is -0.326 e. The number of amides is 2. The van der Waals surface area contributed by atoms with Crippen LogP contribution in [0.2, 0.25) is 0 Å². The largest absolute Gasteiger partial charge is 0.326 e. The van der Waals surface area contributed by atoms with Gasteiger partial charge in [-0.3, -0.25) is 14.5 Å². The van der Waals surface area contributed by atoms with Crippen LogP contribution in [0.4, 0.5) is 15.8 Å². The van der Waals surface area contributed by atoms with Crippen LogP contribution in [0.3, 0.4) is 0 Å². The lowest BCUT2D eigenvalue weighted by Crippen LogP contribution is -2.39. The van der Waals surface area contributed by atoms with Gasteiger partial charge in [-0.05, 0) is 49.7 Å². The third-order valence-corrected chi connectivity index (χ3v) is 4.47. The van der Waals surface area contributed by atoms with Crippen molar-refractivity contribution < 1.29 is 14.0 Å². The number of hydrogen-bond donors (Lipinski definition) is 2. The van der Waals surface area contributed by atoms with E-state index in [1.807, 2.05) is 4.90 Å². The molecule has 1 saturated heterocycles. The van der Waals surface area contributed by atoms with Crippen molar-refractivity contribution in [3.8, 4) is 0 Å². The Balaban J connectivity index is 1.63. The van der Waals surface area contributed by atoms with E-state index in [2.05, 4.69) is 10.6 Å². The predicted octanol–water partition coefficient (Wildman–Crippen LogP) is 3.39. The number of nitrogens with zero attached hydrogens (tertiary/aromatic N) is 1. The smallest absolute Gasteiger partial charge is 0.241 e. The molecule has 0 radical (unpaired) electrons. The average Bonchev–Trinajstić information content (AvgIpc) is 3.06. The third-order valence-electron chi connectivity index (χ3n) is 4.47. The molecule has 0 aromatic heterocycles. The molecule has 0 aliphatic carbocycles. The molecule has 3 rings (SSSR count). The summed E-state index contributed by atoms with van der Waals surface area (Å²) in [6.45, 7) is 2.64. The Hall–Kier alpha value is -2.73. The molecule has 1 fully saturated rings. The number of likely N-dealkylation sites (tertiary alicyclic amines) is 1. The first-order valence-electron chi connectivity index (χ1n) is 8.69.